The Balaban J connectivity index is 3.49. The van der Waals surface area contributed by atoms with Crippen molar-refractivity contribution in [3.05, 3.63) is 17.0 Å². The lowest BCUT2D eigenvalue weighted by atomic mass is 10.2. The lowest BCUT2D eigenvalue weighted by Gasteiger charge is -2.05. The number of nitrogens with zero attached hydrogens (tertiary/aromatic N) is 1. The third-order valence-corrected chi connectivity index (χ3v) is 2.50. The normalized spacial score (nSPS) is 10.3. The maximum atomic E-state index is 11.0. The van der Waals surface area contributed by atoms with Crippen LogP contribution >= 0.6 is 0 Å². The zero-order valence-electron chi connectivity index (χ0n) is 8.92. The molecule has 0 atom stereocenters. The van der Waals surface area contributed by atoms with Gasteiger partial charge in [0.25, 0.3) is 0 Å². The maximum Gasteiger partial charge on any atom is 0.356 e. The van der Waals surface area contributed by atoms with Crippen molar-refractivity contribution in [1.29, 1.82) is 0 Å². The topological polar surface area (TPSA) is 51.5 Å². The van der Waals surface area contributed by atoms with E-state index in [4.69, 9.17) is 9.84 Å². The summed E-state index contributed by atoms with van der Waals surface area (Å²) >= 11 is 0. The highest BCUT2D eigenvalue weighted by Crippen LogP contribution is 2.29. The molecule has 78 valence electrons. The summed E-state index contributed by atoms with van der Waals surface area (Å²) < 4.78 is 6.85. The van der Waals surface area contributed by atoms with Gasteiger partial charge in [-0.1, -0.05) is 0 Å². The van der Waals surface area contributed by atoms with E-state index in [2.05, 4.69) is 0 Å². The van der Waals surface area contributed by atoms with E-state index in [1.165, 1.54) is 7.11 Å². The molecule has 0 saturated heterocycles. The molecule has 0 bridgehead atoms. The molecule has 0 aliphatic carbocycles. The third kappa shape index (κ3) is 1.36. The number of carboxylic acids is 1. The van der Waals surface area contributed by atoms with Crippen molar-refractivity contribution in [2.24, 2.45) is 0 Å². The number of aromatic nitrogens is 1. The molecule has 1 heterocycles. The van der Waals surface area contributed by atoms with Gasteiger partial charge in [0.2, 0.25) is 0 Å². The largest absolute Gasteiger partial charge is 0.494 e. The minimum atomic E-state index is -0.945. The molecule has 1 aromatic rings. The number of methoxy groups -OCH3 is 1. The summed E-state index contributed by atoms with van der Waals surface area (Å²) in [6.07, 6.45) is 0. The molecule has 0 aliphatic heterocycles. The molecule has 0 aromatic carbocycles. The molecule has 0 spiro atoms. The molecular weight excluding hydrogens is 182 g/mol. The number of rotatable bonds is 3. The summed E-state index contributed by atoms with van der Waals surface area (Å²) in [6.45, 7) is 6.32. The summed E-state index contributed by atoms with van der Waals surface area (Å²) in [5, 5.41) is 9.05. The second kappa shape index (κ2) is 3.74. The number of carboxylic acid groups (broad SMARTS) is 1. The quantitative estimate of drug-likeness (QED) is 0.804. The van der Waals surface area contributed by atoms with Crippen LogP contribution in [0.5, 0.6) is 5.75 Å². The van der Waals surface area contributed by atoms with Crippen molar-refractivity contribution in [1.82, 2.24) is 4.57 Å². The fourth-order valence-electron chi connectivity index (χ4n) is 1.69. The maximum absolute atomic E-state index is 11.0. The summed E-state index contributed by atoms with van der Waals surface area (Å²) in [5.41, 5.74) is 2.08. The molecule has 1 aromatic heterocycles. The first-order valence-electron chi connectivity index (χ1n) is 4.51. The van der Waals surface area contributed by atoms with Gasteiger partial charge >= 0.3 is 5.97 Å². The van der Waals surface area contributed by atoms with Gasteiger partial charge in [-0.25, -0.2) is 4.79 Å². The van der Waals surface area contributed by atoms with Gasteiger partial charge in [-0.3, -0.25) is 0 Å². The van der Waals surface area contributed by atoms with E-state index >= 15 is 0 Å². The van der Waals surface area contributed by atoms with E-state index in [9.17, 15) is 4.79 Å². The minimum Gasteiger partial charge on any atom is -0.494 e. The Hall–Kier alpha value is -1.45. The average Bonchev–Trinajstić information content (AvgIpc) is 2.39. The van der Waals surface area contributed by atoms with Gasteiger partial charge in [-0.05, 0) is 20.8 Å². The highest BCUT2D eigenvalue weighted by Gasteiger charge is 2.22. The van der Waals surface area contributed by atoms with Crippen molar-refractivity contribution in [2.75, 3.05) is 7.11 Å². The Morgan fingerprint density at radius 1 is 1.50 bits per heavy atom. The molecule has 1 rings (SSSR count). The van der Waals surface area contributed by atoms with Crippen molar-refractivity contribution in [3.63, 3.8) is 0 Å². The molecule has 1 N–H and O–H groups in total. The van der Waals surface area contributed by atoms with Crippen LogP contribution in [-0.4, -0.2) is 22.8 Å². The molecule has 4 nitrogen and oxygen atoms in total. The van der Waals surface area contributed by atoms with Crippen LogP contribution in [-0.2, 0) is 6.54 Å². The second-order valence-corrected chi connectivity index (χ2v) is 3.14. The van der Waals surface area contributed by atoms with Crippen molar-refractivity contribution >= 4 is 5.97 Å². The molecule has 0 saturated carbocycles. The zero-order chi connectivity index (χ0) is 10.9. The first kappa shape index (κ1) is 10.6. The van der Waals surface area contributed by atoms with E-state index in [1.807, 2.05) is 20.8 Å². The smallest absolute Gasteiger partial charge is 0.356 e. The standard InChI is InChI=1S/C10H15NO3/c1-5-11-7(3)6(2)9(14-4)8(11)10(12)13/h5H2,1-4H3,(H,12,13). The highest BCUT2D eigenvalue weighted by molar-refractivity contribution is 5.90. The van der Waals surface area contributed by atoms with E-state index in [1.54, 1.807) is 4.57 Å². The number of ether oxygens (including phenoxy) is 1. The van der Waals surface area contributed by atoms with Crippen LogP contribution in [0.1, 0.15) is 28.7 Å². The van der Waals surface area contributed by atoms with Crippen molar-refractivity contribution < 1.29 is 14.6 Å². The summed E-state index contributed by atoms with van der Waals surface area (Å²) in [7, 11) is 1.49. The number of carbonyl (C=O) groups is 1. The van der Waals surface area contributed by atoms with Gasteiger partial charge in [0.15, 0.2) is 11.4 Å². The predicted molar refractivity (Wildman–Crippen MR) is 53.1 cm³/mol. The van der Waals surface area contributed by atoms with Gasteiger partial charge in [0.05, 0.1) is 7.11 Å². The Labute approximate surface area is 83.1 Å². The fourth-order valence-corrected chi connectivity index (χ4v) is 1.69. The van der Waals surface area contributed by atoms with Crippen LogP contribution in [0.25, 0.3) is 0 Å². The van der Waals surface area contributed by atoms with Crippen LogP contribution < -0.4 is 4.74 Å². The van der Waals surface area contributed by atoms with E-state index in [0.29, 0.717) is 12.3 Å². The van der Waals surface area contributed by atoms with Crippen molar-refractivity contribution in [2.45, 2.75) is 27.3 Å². The van der Waals surface area contributed by atoms with Crippen LogP contribution in [0.3, 0.4) is 0 Å². The van der Waals surface area contributed by atoms with Crippen LogP contribution in [0.4, 0.5) is 0 Å². The SMILES string of the molecule is CCn1c(C)c(C)c(OC)c1C(=O)O. The van der Waals surface area contributed by atoms with Gasteiger partial charge in [-0.15, -0.1) is 0 Å². The lowest BCUT2D eigenvalue weighted by Crippen LogP contribution is -2.09. The Morgan fingerprint density at radius 2 is 2.07 bits per heavy atom. The molecule has 0 aliphatic rings. The molecule has 0 fully saturated rings. The number of aromatic carboxylic acids is 1. The lowest BCUT2D eigenvalue weighted by molar-refractivity contribution is 0.0681. The van der Waals surface area contributed by atoms with Gasteiger partial charge in [0.1, 0.15) is 0 Å². The highest BCUT2D eigenvalue weighted by atomic mass is 16.5. The van der Waals surface area contributed by atoms with Crippen LogP contribution in [0.15, 0.2) is 0 Å². The number of hydrogen-bond donors (Lipinski definition) is 1. The average molecular weight is 197 g/mol. The predicted octanol–water partition coefficient (Wildman–Crippen LogP) is 1.83. The first-order valence-corrected chi connectivity index (χ1v) is 4.51. The summed E-state index contributed by atoms with van der Waals surface area (Å²) in [4.78, 5) is 11.0. The molecule has 14 heavy (non-hydrogen) atoms. The summed E-state index contributed by atoms with van der Waals surface area (Å²) in [5.74, 6) is -0.475. The molecule has 0 amide bonds. The zero-order valence-corrected chi connectivity index (χ0v) is 8.92. The second-order valence-electron chi connectivity index (χ2n) is 3.14. The van der Waals surface area contributed by atoms with Crippen LogP contribution in [0, 0.1) is 13.8 Å². The Bertz CT molecular complexity index is 338. The van der Waals surface area contributed by atoms with Crippen LogP contribution in [0.2, 0.25) is 0 Å². The van der Waals surface area contributed by atoms with Gasteiger partial charge in [-0.2, -0.15) is 0 Å². The minimum absolute atomic E-state index is 0.241. The first-order chi connectivity index (χ1) is 6.54. The molecular formula is C10H15NO3. The molecule has 0 unspecified atom stereocenters. The number of hydrogen-bond acceptors (Lipinski definition) is 2. The molecule has 4 heteroatoms. The Morgan fingerprint density at radius 3 is 2.43 bits per heavy atom. The monoisotopic (exact) mass is 197 g/mol. The van der Waals surface area contributed by atoms with E-state index in [0.717, 1.165) is 11.3 Å². The fraction of sp³-hybridized carbons (Fsp3) is 0.500. The van der Waals surface area contributed by atoms with E-state index < -0.39 is 5.97 Å². The summed E-state index contributed by atoms with van der Waals surface area (Å²) in [6, 6.07) is 0. The molecule has 0 radical (unpaired) electrons. The third-order valence-electron chi connectivity index (χ3n) is 2.50. The van der Waals surface area contributed by atoms with E-state index in [-0.39, 0.29) is 5.69 Å². The Kier molecular flexibility index (Phi) is 2.84. The van der Waals surface area contributed by atoms with Gasteiger partial charge in [0, 0.05) is 17.8 Å². The van der Waals surface area contributed by atoms with Gasteiger partial charge < -0.3 is 14.4 Å². The van der Waals surface area contributed by atoms with Crippen molar-refractivity contribution in [3.8, 4) is 5.75 Å².